The van der Waals surface area contributed by atoms with Gasteiger partial charge in [0.05, 0.1) is 61.6 Å². The molecule has 0 amide bonds. The molecule has 0 saturated heterocycles. The molecule has 3 aromatic carbocycles. The minimum atomic E-state index is -0.335. The summed E-state index contributed by atoms with van der Waals surface area (Å²) in [6.07, 6.45) is 2.87. The SMILES string of the molecule is COc1ccc(C)cc1OCCCCCOc1c(OC)cc(C2CC(c3cc(OC)c(OC)c(OC)c3)=NO2)cc1OC. The van der Waals surface area contributed by atoms with Gasteiger partial charge in [0.25, 0.3) is 0 Å². The summed E-state index contributed by atoms with van der Waals surface area (Å²) in [7, 11) is 9.59. The van der Waals surface area contributed by atoms with E-state index < -0.39 is 0 Å². The molecule has 0 bridgehead atoms. The van der Waals surface area contributed by atoms with Gasteiger partial charge in [-0.2, -0.15) is 0 Å². The van der Waals surface area contributed by atoms with E-state index in [2.05, 4.69) is 5.16 Å². The average molecular weight is 596 g/mol. The van der Waals surface area contributed by atoms with Gasteiger partial charge in [-0.05, 0) is 68.1 Å². The van der Waals surface area contributed by atoms with E-state index in [0.717, 1.165) is 53.2 Å². The van der Waals surface area contributed by atoms with Crippen molar-refractivity contribution in [1.82, 2.24) is 0 Å². The third-order valence-corrected chi connectivity index (χ3v) is 7.13. The molecule has 4 rings (SSSR count). The van der Waals surface area contributed by atoms with Gasteiger partial charge in [0, 0.05) is 17.5 Å². The van der Waals surface area contributed by atoms with E-state index in [0.29, 0.717) is 54.1 Å². The molecule has 0 aliphatic carbocycles. The number of aryl methyl sites for hydroxylation is 1. The summed E-state index contributed by atoms with van der Waals surface area (Å²) in [5.41, 5.74) is 3.56. The third kappa shape index (κ3) is 7.49. The molecule has 1 aliphatic heterocycles. The molecule has 0 saturated carbocycles. The first kappa shape index (κ1) is 31.5. The second-order valence-corrected chi connectivity index (χ2v) is 9.92. The number of rotatable bonds is 16. The first-order valence-electron chi connectivity index (χ1n) is 14.1. The molecule has 0 radical (unpaired) electrons. The van der Waals surface area contributed by atoms with Crippen molar-refractivity contribution in [2.24, 2.45) is 5.16 Å². The van der Waals surface area contributed by atoms with Crippen molar-refractivity contribution >= 4 is 5.71 Å². The first-order valence-corrected chi connectivity index (χ1v) is 14.1. The zero-order valence-electron chi connectivity index (χ0n) is 26.0. The second kappa shape index (κ2) is 15.1. The Balaban J connectivity index is 1.34. The Kier molecular flexibility index (Phi) is 11.1. The summed E-state index contributed by atoms with van der Waals surface area (Å²) in [4.78, 5) is 5.84. The molecule has 1 atom stereocenters. The molecule has 0 N–H and O–H groups in total. The Morgan fingerprint density at radius 3 is 1.79 bits per heavy atom. The first-order chi connectivity index (χ1) is 21.0. The van der Waals surface area contributed by atoms with Crippen LogP contribution in [-0.2, 0) is 4.84 Å². The van der Waals surface area contributed by atoms with Crippen LogP contribution in [0.4, 0.5) is 0 Å². The van der Waals surface area contributed by atoms with Gasteiger partial charge in [-0.1, -0.05) is 11.2 Å². The van der Waals surface area contributed by atoms with Crippen LogP contribution in [0.5, 0.6) is 46.0 Å². The Bertz CT molecular complexity index is 1360. The van der Waals surface area contributed by atoms with Crippen LogP contribution < -0.4 is 37.9 Å². The van der Waals surface area contributed by atoms with Gasteiger partial charge in [-0.25, -0.2) is 0 Å². The van der Waals surface area contributed by atoms with Crippen LogP contribution >= 0.6 is 0 Å². The average Bonchev–Trinajstić information content (AvgIpc) is 3.54. The molecule has 3 aromatic rings. The van der Waals surface area contributed by atoms with E-state index in [1.54, 1.807) is 42.7 Å². The van der Waals surface area contributed by atoms with Crippen LogP contribution in [0, 0.1) is 6.92 Å². The highest BCUT2D eigenvalue weighted by Gasteiger charge is 2.28. The predicted octanol–water partition coefficient (Wildman–Crippen LogP) is 6.54. The van der Waals surface area contributed by atoms with Gasteiger partial charge in [0.15, 0.2) is 40.6 Å². The molecule has 10 heteroatoms. The van der Waals surface area contributed by atoms with E-state index in [4.69, 9.17) is 42.7 Å². The number of unbranched alkanes of at least 4 members (excludes halogenated alkanes) is 2. The van der Waals surface area contributed by atoms with Gasteiger partial charge >= 0.3 is 0 Å². The molecule has 1 heterocycles. The zero-order valence-corrected chi connectivity index (χ0v) is 26.0. The number of methoxy groups -OCH3 is 6. The smallest absolute Gasteiger partial charge is 0.203 e. The second-order valence-electron chi connectivity index (χ2n) is 9.92. The quantitative estimate of drug-likeness (QED) is 0.171. The minimum absolute atomic E-state index is 0.335. The number of ether oxygens (including phenoxy) is 8. The van der Waals surface area contributed by atoms with Gasteiger partial charge in [0.1, 0.15) is 0 Å². The molecule has 10 nitrogen and oxygen atoms in total. The van der Waals surface area contributed by atoms with Crippen LogP contribution in [0.1, 0.15) is 48.5 Å². The molecule has 0 fully saturated rings. The van der Waals surface area contributed by atoms with Crippen molar-refractivity contribution in [3.05, 3.63) is 59.2 Å². The highest BCUT2D eigenvalue weighted by molar-refractivity contribution is 6.02. The summed E-state index contributed by atoms with van der Waals surface area (Å²) in [6, 6.07) is 13.4. The molecule has 0 aromatic heterocycles. The van der Waals surface area contributed by atoms with Gasteiger partial charge in [-0.3, -0.25) is 0 Å². The van der Waals surface area contributed by atoms with Crippen molar-refractivity contribution in [3.63, 3.8) is 0 Å². The molecular formula is C33H41NO9. The van der Waals surface area contributed by atoms with Crippen LogP contribution in [0.25, 0.3) is 0 Å². The zero-order chi connectivity index (χ0) is 30.8. The van der Waals surface area contributed by atoms with E-state index in [-0.39, 0.29) is 6.10 Å². The lowest BCUT2D eigenvalue weighted by Crippen LogP contribution is -2.06. The largest absolute Gasteiger partial charge is 0.493 e. The van der Waals surface area contributed by atoms with Gasteiger partial charge < -0.3 is 42.7 Å². The standard InChI is InChI=1S/C33H41NO9/c1-21-11-12-25(35-2)27(15-21)41-13-9-8-10-14-42-33-30(38-5)18-23(19-31(33)39-6)26-20-24(34-43-26)22-16-28(36-3)32(40-7)29(17-22)37-4/h11-12,15-19,26H,8-10,13-14,20H2,1-7H3. The lowest BCUT2D eigenvalue weighted by atomic mass is 9.99. The molecule has 43 heavy (non-hydrogen) atoms. The third-order valence-electron chi connectivity index (χ3n) is 7.13. The van der Waals surface area contributed by atoms with E-state index in [1.165, 1.54) is 0 Å². The fourth-order valence-corrected chi connectivity index (χ4v) is 4.84. The number of oxime groups is 1. The van der Waals surface area contributed by atoms with Crippen LogP contribution in [0.15, 0.2) is 47.6 Å². The maximum Gasteiger partial charge on any atom is 0.203 e. The fraction of sp³-hybridized carbons (Fsp3) is 0.424. The predicted molar refractivity (Wildman–Crippen MR) is 163 cm³/mol. The maximum atomic E-state index is 6.13. The molecule has 232 valence electrons. The van der Waals surface area contributed by atoms with Gasteiger partial charge in [0.2, 0.25) is 11.5 Å². The Hall–Kier alpha value is -4.47. The molecule has 1 aliphatic rings. The van der Waals surface area contributed by atoms with E-state index in [1.807, 2.05) is 49.4 Å². The van der Waals surface area contributed by atoms with E-state index >= 15 is 0 Å². The number of benzene rings is 3. The Labute approximate surface area is 253 Å². The van der Waals surface area contributed by atoms with Crippen molar-refractivity contribution in [2.45, 2.75) is 38.7 Å². The summed E-state index contributed by atoms with van der Waals surface area (Å²) < 4.78 is 45.2. The maximum absolute atomic E-state index is 6.13. The van der Waals surface area contributed by atoms with Crippen LogP contribution in [-0.4, -0.2) is 61.6 Å². The minimum Gasteiger partial charge on any atom is -0.493 e. The summed E-state index contributed by atoms with van der Waals surface area (Å²) in [5, 5.41) is 4.36. The lowest BCUT2D eigenvalue weighted by molar-refractivity contribution is 0.0852. The highest BCUT2D eigenvalue weighted by atomic mass is 16.6. The number of hydrogen-bond acceptors (Lipinski definition) is 10. The topological polar surface area (TPSA) is 95.4 Å². The van der Waals surface area contributed by atoms with Crippen LogP contribution in [0.2, 0.25) is 0 Å². The van der Waals surface area contributed by atoms with Crippen molar-refractivity contribution < 1.29 is 42.7 Å². The summed E-state index contributed by atoms with van der Waals surface area (Å²) in [6.45, 7) is 3.14. The van der Waals surface area contributed by atoms with Crippen molar-refractivity contribution in [1.29, 1.82) is 0 Å². The highest BCUT2D eigenvalue weighted by Crippen LogP contribution is 2.44. The molecule has 1 unspecified atom stereocenters. The lowest BCUT2D eigenvalue weighted by Gasteiger charge is -2.18. The Morgan fingerprint density at radius 1 is 0.628 bits per heavy atom. The normalized spacial score (nSPS) is 13.9. The van der Waals surface area contributed by atoms with Crippen LogP contribution in [0.3, 0.4) is 0 Å². The number of hydrogen-bond donors (Lipinski definition) is 0. The fourth-order valence-electron chi connectivity index (χ4n) is 4.84. The monoisotopic (exact) mass is 595 g/mol. The summed E-state index contributed by atoms with van der Waals surface area (Å²) in [5.74, 6) is 4.80. The van der Waals surface area contributed by atoms with Gasteiger partial charge in [-0.15, -0.1) is 0 Å². The van der Waals surface area contributed by atoms with Crippen molar-refractivity contribution in [2.75, 3.05) is 55.9 Å². The number of nitrogens with zero attached hydrogens (tertiary/aromatic N) is 1. The summed E-state index contributed by atoms with van der Waals surface area (Å²) >= 11 is 0. The molecular weight excluding hydrogens is 554 g/mol. The van der Waals surface area contributed by atoms with Crippen molar-refractivity contribution in [3.8, 4) is 46.0 Å². The van der Waals surface area contributed by atoms with E-state index in [9.17, 15) is 0 Å². The Morgan fingerprint density at radius 2 is 1.21 bits per heavy atom. The molecule has 0 spiro atoms.